The molecule has 0 saturated heterocycles. The predicted molar refractivity (Wildman–Crippen MR) is 49.5 cm³/mol. The lowest BCUT2D eigenvalue weighted by Crippen LogP contribution is -2.02. The summed E-state index contributed by atoms with van der Waals surface area (Å²) in [6.45, 7) is 3.85. The van der Waals surface area contributed by atoms with E-state index in [0.717, 1.165) is 0 Å². The minimum atomic E-state index is -1.16. The summed E-state index contributed by atoms with van der Waals surface area (Å²) in [5.74, 6) is -1.19. The first-order valence-corrected chi connectivity index (χ1v) is 4.35. The number of carbonyl (C=O) groups excluding carboxylic acids is 1. The van der Waals surface area contributed by atoms with E-state index in [1.807, 2.05) is 13.8 Å². The van der Waals surface area contributed by atoms with Crippen LogP contribution in [0.3, 0.4) is 0 Å². The number of furan rings is 1. The van der Waals surface area contributed by atoms with E-state index in [1.165, 1.54) is 12.3 Å². The zero-order valence-electron chi connectivity index (χ0n) is 8.11. The SMILES string of the molecule is CC(C)CC(=O)c1coc(C(=O)O)c1. The summed E-state index contributed by atoms with van der Waals surface area (Å²) >= 11 is 0. The second-order valence-corrected chi connectivity index (χ2v) is 3.53. The average Bonchev–Trinajstić information content (AvgIpc) is 2.50. The number of carbonyl (C=O) groups is 2. The van der Waals surface area contributed by atoms with Gasteiger partial charge in [-0.25, -0.2) is 4.79 Å². The minimum absolute atomic E-state index is 0.0868. The quantitative estimate of drug-likeness (QED) is 0.749. The van der Waals surface area contributed by atoms with E-state index in [9.17, 15) is 9.59 Å². The first-order chi connectivity index (χ1) is 6.50. The third-order valence-electron chi connectivity index (χ3n) is 1.73. The Balaban J connectivity index is 2.76. The molecular formula is C10H12O4. The van der Waals surface area contributed by atoms with Gasteiger partial charge in [0.05, 0.1) is 5.56 Å². The van der Waals surface area contributed by atoms with Crippen molar-refractivity contribution in [2.75, 3.05) is 0 Å². The van der Waals surface area contributed by atoms with Crippen LogP contribution >= 0.6 is 0 Å². The maximum absolute atomic E-state index is 11.4. The van der Waals surface area contributed by atoms with Crippen molar-refractivity contribution < 1.29 is 19.1 Å². The van der Waals surface area contributed by atoms with E-state index in [0.29, 0.717) is 12.0 Å². The first kappa shape index (κ1) is 10.5. The van der Waals surface area contributed by atoms with Crippen molar-refractivity contribution in [3.8, 4) is 0 Å². The second kappa shape index (κ2) is 4.09. The molecule has 0 saturated carbocycles. The van der Waals surface area contributed by atoms with Gasteiger partial charge in [0.15, 0.2) is 5.78 Å². The smallest absolute Gasteiger partial charge is 0.371 e. The molecule has 1 aromatic rings. The minimum Gasteiger partial charge on any atom is -0.475 e. The van der Waals surface area contributed by atoms with Gasteiger partial charge in [0.2, 0.25) is 5.76 Å². The molecule has 1 heterocycles. The van der Waals surface area contributed by atoms with Crippen molar-refractivity contribution in [2.24, 2.45) is 5.92 Å². The summed E-state index contributed by atoms with van der Waals surface area (Å²) in [7, 11) is 0. The van der Waals surface area contributed by atoms with Gasteiger partial charge in [-0.15, -0.1) is 0 Å². The van der Waals surface area contributed by atoms with Crippen LogP contribution in [-0.2, 0) is 0 Å². The normalized spacial score (nSPS) is 10.5. The Kier molecular flexibility index (Phi) is 3.06. The Morgan fingerprint density at radius 1 is 1.50 bits per heavy atom. The Morgan fingerprint density at radius 2 is 2.14 bits per heavy atom. The summed E-state index contributed by atoms with van der Waals surface area (Å²) < 4.78 is 4.71. The predicted octanol–water partition coefficient (Wildman–Crippen LogP) is 2.21. The van der Waals surface area contributed by atoms with Crippen molar-refractivity contribution in [3.63, 3.8) is 0 Å². The van der Waals surface area contributed by atoms with Crippen molar-refractivity contribution in [1.29, 1.82) is 0 Å². The zero-order chi connectivity index (χ0) is 10.7. The third-order valence-corrected chi connectivity index (χ3v) is 1.73. The number of carboxylic acids is 1. The summed E-state index contributed by atoms with van der Waals surface area (Å²) in [6, 6.07) is 1.26. The van der Waals surface area contributed by atoms with Gasteiger partial charge < -0.3 is 9.52 Å². The molecule has 0 spiro atoms. The maximum Gasteiger partial charge on any atom is 0.371 e. The van der Waals surface area contributed by atoms with Crippen molar-refractivity contribution >= 4 is 11.8 Å². The van der Waals surface area contributed by atoms with Gasteiger partial charge in [0.25, 0.3) is 0 Å². The van der Waals surface area contributed by atoms with E-state index in [4.69, 9.17) is 9.52 Å². The van der Waals surface area contributed by atoms with Crippen LogP contribution < -0.4 is 0 Å². The van der Waals surface area contributed by atoms with Crippen LogP contribution in [0.15, 0.2) is 16.7 Å². The summed E-state index contributed by atoms with van der Waals surface area (Å²) in [5, 5.41) is 8.56. The van der Waals surface area contributed by atoms with Crippen LogP contribution in [-0.4, -0.2) is 16.9 Å². The monoisotopic (exact) mass is 196 g/mol. The topological polar surface area (TPSA) is 67.5 Å². The van der Waals surface area contributed by atoms with Crippen LogP contribution in [0.2, 0.25) is 0 Å². The molecule has 0 atom stereocenters. The van der Waals surface area contributed by atoms with E-state index in [-0.39, 0.29) is 17.5 Å². The number of ketones is 1. The molecule has 0 bridgehead atoms. The number of aromatic carboxylic acids is 1. The van der Waals surface area contributed by atoms with E-state index >= 15 is 0 Å². The average molecular weight is 196 g/mol. The largest absolute Gasteiger partial charge is 0.475 e. The lowest BCUT2D eigenvalue weighted by molar-refractivity contribution is 0.0662. The molecule has 4 heteroatoms. The Hall–Kier alpha value is -1.58. The molecule has 0 aliphatic heterocycles. The highest BCUT2D eigenvalue weighted by molar-refractivity contribution is 5.98. The van der Waals surface area contributed by atoms with Gasteiger partial charge in [-0.05, 0) is 5.92 Å². The molecule has 14 heavy (non-hydrogen) atoms. The maximum atomic E-state index is 11.4. The van der Waals surface area contributed by atoms with Crippen LogP contribution in [0, 0.1) is 5.92 Å². The van der Waals surface area contributed by atoms with Crippen LogP contribution in [0.1, 0.15) is 41.2 Å². The molecule has 0 aromatic carbocycles. The summed E-state index contributed by atoms with van der Waals surface area (Å²) in [5.41, 5.74) is 0.330. The fraction of sp³-hybridized carbons (Fsp3) is 0.400. The number of Topliss-reactive ketones (excluding diaryl/α,β-unsaturated/α-hetero) is 1. The van der Waals surface area contributed by atoms with Gasteiger partial charge >= 0.3 is 5.97 Å². The van der Waals surface area contributed by atoms with Gasteiger partial charge in [0, 0.05) is 12.5 Å². The molecule has 0 fully saturated rings. The van der Waals surface area contributed by atoms with E-state index in [1.54, 1.807) is 0 Å². The number of hydrogen-bond acceptors (Lipinski definition) is 3. The van der Waals surface area contributed by atoms with Crippen molar-refractivity contribution in [3.05, 3.63) is 23.7 Å². The lowest BCUT2D eigenvalue weighted by atomic mass is 10.0. The van der Waals surface area contributed by atoms with Gasteiger partial charge in [-0.2, -0.15) is 0 Å². The summed E-state index contributed by atoms with van der Waals surface area (Å²) in [4.78, 5) is 21.9. The molecule has 4 nitrogen and oxygen atoms in total. The number of hydrogen-bond donors (Lipinski definition) is 1. The molecular weight excluding hydrogens is 184 g/mol. The van der Waals surface area contributed by atoms with Gasteiger partial charge in [-0.3, -0.25) is 4.79 Å². The first-order valence-electron chi connectivity index (χ1n) is 4.35. The molecule has 1 N–H and O–H groups in total. The van der Waals surface area contributed by atoms with Crippen molar-refractivity contribution in [1.82, 2.24) is 0 Å². The number of carboxylic acid groups (broad SMARTS) is 1. The van der Waals surface area contributed by atoms with Gasteiger partial charge in [-0.1, -0.05) is 13.8 Å². The van der Waals surface area contributed by atoms with E-state index in [2.05, 4.69) is 0 Å². The molecule has 1 aromatic heterocycles. The lowest BCUT2D eigenvalue weighted by Gasteiger charge is -1.99. The highest BCUT2D eigenvalue weighted by Gasteiger charge is 2.14. The molecule has 0 aliphatic rings. The Morgan fingerprint density at radius 3 is 2.57 bits per heavy atom. The van der Waals surface area contributed by atoms with Crippen LogP contribution in [0.4, 0.5) is 0 Å². The second-order valence-electron chi connectivity index (χ2n) is 3.53. The van der Waals surface area contributed by atoms with Crippen molar-refractivity contribution in [2.45, 2.75) is 20.3 Å². The molecule has 0 unspecified atom stereocenters. The van der Waals surface area contributed by atoms with Crippen LogP contribution in [0.5, 0.6) is 0 Å². The Bertz CT molecular complexity index is 349. The summed E-state index contributed by atoms with van der Waals surface area (Å²) in [6.07, 6.45) is 1.59. The molecule has 0 amide bonds. The molecule has 0 radical (unpaired) electrons. The van der Waals surface area contributed by atoms with E-state index < -0.39 is 5.97 Å². The Labute approximate surface area is 81.5 Å². The fourth-order valence-corrected chi connectivity index (χ4v) is 1.08. The fourth-order valence-electron chi connectivity index (χ4n) is 1.08. The standard InChI is InChI=1S/C10H12O4/c1-6(2)3-8(11)7-4-9(10(12)13)14-5-7/h4-6H,3H2,1-2H3,(H,12,13). The third kappa shape index (κ3) is 2.45. The molecule has 76 valence electrons. The molecule has 0 aliphatic carbocycles. The highest BCUT2D eigenvalue weighted by Crippen LogP contribution is 2.13. The number of rotatable bonds is 4. The molecule has 1 rings (SSSR count). The van der Waals surface area contributed by atoms with Crippen LogP contribution in [0.25, 0.3) is 0 Å². The zero-order valence-corrected chi connectivity index (χ0v) is 8.11. The highest BCUT2D eigenvalue weighted by atomic mass is 16.4. The van der Waals surface area contributed by atoms with Gasteiger partial charge in [0.1, 0.15) is 6.26 Å².